The van der Waals surface area contributed by atoms with Crippen molar-refractivity contribution in [3.63, 3.8) is 0 Å². The molecule has 142 valence electrons. The van der Waals surface area contributed by atoms with Crippen LogP contribution in [0.1, 0.15) is 29.2 Å². The van der Waals surface area contributed by atoms with Gasteiger partial charge in [0.1, 0.15) is 0 Å². The Morgan fingerprint density at radius 1 is 1.15 bits per heavy atom. The van der Waals surface area contributed by atoms with E-state index >= 15 is 0 Å². The molecule has 0 bridgehead atoms. The molecule has 26 heavy (non-hydrogen) atoms. The summed E-state index contributed by atoms with van der Waals surface area (Å²) in [5, 5.41) is 10.4. The summed E-state index contributed by atoms with van der Waals surface area (Å²) in [5.74, 6) is 1.58. The number of hydrogen-bond acceptors (Lipinski definition) is 6. The lowest BCUT2D eigenvalue weighted by Crippen LogP contribution is -2.34. The van der Waals surface area contributed by atoms with E-state index in [1.807, 2.05) is 26.0 Å². The molecule has 0 saturated carbocycles. The maximum atomic E-state index is 10.4. The summed E-state index contributed by atoms with van der Waals surface area (Å²) in [6, 6.07) is 10.3. The zero-order chi connectivity index (χ0) is 18.5. The highest BCUT2D eigenvalue weighted by Crippen LogP contribution is 2.33. The van der Waals surface area contributed by atoms with Crippen LogP contribution in [-0.2, 0) is 17.8 Å². The number of aliphatic hydroxyl groups excluding tert-OH is 1. The Labute approximate surface area is 159 Å². The molecule has 1 aromatic carbocycles. The number of nitrogens with zero attached hydrogens (tertiary/aromatic N) is 1. The second-order valence-electron chi connectivity index (χ2n) is 6.91. The summed E-state index contributed by atoms with van der Waals surface area (Å²) in [6.07, 6.45) is -0.403. The first-order valence-electron chi connectivity index (χ1n) is 8.95. The maximum Gasteiger partial charge on any atom is 0.231 e. The fourth-order valence-electron chi connectivity index (χ4n) is 2.93. The number of fused-ring (bicyclic) bond motifs is 1. The Kier molecular flexibility index (Phi) is 6.53. The van der Waals surface area contributed by atoms with E-state index in [-0.39, 0.29) is 12.9 Å². The number of aliphatic hydroxyl groups is 1. The molecule has 1 atom stereocenters. The largest absolute Gasteiger partial charge is 0.454 e. The summed E-state index contributed by atoms with van der Waals surface area (Å²) in [6.45, 7) is 8.77. The van der Waals surface area contributed by atoms with Crippen LogP contribution < -0.4 is 9.47 Å². The van der Waals surface area contributed by atoms with Crippen LogP contribution in [0.3, 0.4) is 0 Å². The van der Waals surface area contributed by atoms with E-state index in [1.54, 1.807) is 11.3 Å². The number of aryl methyl sites for hydroxylation is 1. The van der Waals surface area contributed by atoms with Gasteiger partial charge in [0.25, 0.3) is 0 Å². The van der Waals surface area contributed by atoms with Gasteiger partial charge >= 0.3 is 0 Å². The van der Waals surface area contributed by atoms with Gasteiger partial charge in [-0.05, 0) is 50.6 Å². The molecule has 0 aliphatic carbocycles. The second-order valence-corrected chi connectivity index (χ2v) is 8.28. The highest BCUT2D eigenvalue weighted by Gasteiger charge is 2.17. The molecule has 1 aromatic heterocycles. The first kappa shape index (κ1) is 19.2. The number of benzene rings is 1. The maximum absolute atomic E-state index is 10.4. The molecule has 0 saturated heterocycles. The van der Waals surface area contributed by atoms with Gasteiger partial charge in [-0.25, -0.2) is 0 Å². The molecular weight excluding hydrogens is 350 g/mol. The minimum atomic E-state index is -0.521. The summed E-state index contributed by atoms with van der Waals surface area (Å²) in [4.78, 5) is 4.84. The topological polar surface area (TPSA) is 51.2 Å². The minimum Gasteiger partial charge on any atom is -0.454 e. The van der Waals surface area contributed by atoms with Crippen LogP contribution in [0.15, 0.2) is 30.3 Å². The second kappa shape index (κ2) is 8.86. The molecule has 0 amide bonds. The fraction of sp³-hybridized carbons (Fsp3) is 0.500. The molecule has 0 radical (unpaired) electrons. The number of hydrogen-bond donors (Lipinski definition) is 1. The molecule has 0 fully saturated rings. The van der Waals surface area contributed by atoms with Gasteiger partial charge in [-0.2, -0.15) is 0 Å². The average molecular weight is 378 g/mol. The van der Waals surface area contributed by atoms with Crippen LogP contribution in [-0.4, -0.2) is 42.2 Å². The lowest BCUT2D eigenvalue weighted by molar-refractivity contribution is -0.0105. The molecule has 2 heterocycles. The Hall–Kier alpha value is -1.60. The van der Waals surface area contributed by atoms with Gasteiger partial charge in [-0.1, -0.05) is 6.07 Å². The third kappa shape index (κ3) is 5.45. The monoisotopic (exact) mass is 377 g/mol. The van der Waals surface area contributed by atoms with E-state index < -0.39 is 6.10 Å². The molecule has 1 aliphatic rings. The summed E-state index contributed by atoms with van der Waals surface area (Å²) in [7, 11) is 0. The predicted octanol–water partition coefficient (Wildman–Crippen LogP) is 3.57. The Morgan fingerprint density at radius 3 is 2.69 bits per heavy atom. The molecule has 2 aromatic rings. The van der Waals surface area contributed by atoms with Crippen LogP contribution in [0.25, 0.3) is 0 Å². The van der Waals surface area contributed by atoms with E-state index in [2.05, 4.69) is 30.0 Å². The first-order chi connectivity index (χ1) is 12.5. The van der Waals surface area contributed by atoms with Crippen molar-refractivity contribution in [2.24, 2.45) is 0 Å². The quantitative estimate of drug-likeness (QED) is 0.724. The normalized spacial score (nSPS) is 14.4. The molecule has 1 unspecified atom stereocenters. The van der Waals surface area contributed by atoms with Gasteiger partial charge in [-0.15, -0.1) is 11.3 Å². The van der Waals surface area contributed by atoms with Crippen molar-refractivity contribution >= 4 is 11.3 Å². The standard InChI is InChI=1S/C20H27NO4S/c1-14(2)23-12-17(22)10-21(11-18-6-4-15(3)26-18)9-16-5-7-19-20(8-16)25-13-24-19/h4-8,14,17,22H,9-13H2,1-3H3. The molecule has 6 heteroatoms. The van der Waals surface area contributed by atoms with Gasteiger partial charge in [0.15, 0.2) is 11.5 Å². The predicted molar refractivity (Wildman–Crippen MR) is 103 cm³/mol. The first-order valence-corrected chi connectivity index (χ1v) is 9.77. The van der Waals surface area contributed by atoms with E-state index in [1.165, 1.54) is 9.75 Å². The van der Waals surface area contributed by atoms with Crippen LogP contribution >= 0.6 is 11.3 Å². The summed E-state index contributed by atoms with van der Waals surface area (Å²) < 4.78 is 16.4. The Bertz CT molecular complexity index is 716. The molecule has 5 nitrogen and oxygen atoms in total. The van der Waals surface area contributed by atoms with Crippen LogP contribution in [0.4, 0.5) is 0 Å². The van der Waals surface area contributed by atoms with Crippen LogP contribution in [0.2, 0.25) is 0 Å². The molecule has 0 spiro atoms. The van der Waals surface area contributed by atoms with E-state index in [4.69, 9.17) is 14.2 Å². The van der Waals surface area contributed by atoms with Gasteiger partial charge in [0.05, 0.1) is 18.8 Å². The zero-order valence-corrected chi connectivity index (χ0v) is 16.4. The van der Waals surface area contributed by atoms with Crippen molar-refractivity contribution in [2.45, 2.75) is 46.1 Å². The molecule has 3 rings (SSSR count). The van der Waals surface area contributed by atoms with Crippen molar-refractivity contribution in [3.8, 4) is 11.5 Å². The Balaban J connectivity index is 1.67. The lowest BCUT2D eigenvalue weighted by atomic mass is 10.1. The van der Waals surface area contributed by atoms with Crippen LogP contribution in [0.5, 0.6) is 11.5 Å². The van der Waals surface area contributed by atoms with Crippen molar-refractivity contribution < 1.29 is 19.3 Å². The van der Waals surface area contributed by atoms with E-state index in [0.29, 0.717) is 13.2 Å². The third-order valence-electron chi connectivity index (χ3n) is 4.11. The smallest absolute Gasteiger partial charge is 0.231 e. The van der Waals surface area contributed by atoms with Gasteiger partial charge in [0, 0.05) is 29.4 Å². The zero-order valence-electron chi connectivity index (χ0n) is 15.6. The van der Waals surface area contributed by atoms with Crippen molar-refractivity contribution in [3.05, 3.63) is 45.6 Å². The van der Waals surface area contributed by atoms with E-state index in [9.17, 15) is 5.11 Å². The molecular formula is C20H27NO4S. The number of thiophene rings is 1. The average Bonchev–Trinajstić information content (AvgIpc) is 3.21. The highest BCUT2D eigenvalue weighted by molar-refractivity contribution is 7.11. The van der Waals surface area contributed by atoms with Crippen molar-refractivity contribution in [1.82, 2.24) is 4.90 Å². The molecule has 1 aliphatic heterocycles. The van der Waals surface area contributed by atoms with Gasteiger partial charge in [0.2, 0.25) is 6.79 Å². The number of rotatable bonds is 9. The van der Waals surface area contributed by atoms with Crippen molar-refractivity contribution in [2.75, 3.05) is 19.9 Å². The SMILES string of the molecule is Cc1ccc(CN(Cc2ccc3c(c2)OCO3)CC(O)COC(C)C)s1. The lowest BCUT2D eigenvalue weighted by Gasteiger charge is -2.25. The summed E-state index contributed by atoms with van der Waals surface area (Å²) in [5.41, 5.74) is 1.14. The number of ether oxygens (including phenoxy) is 3. The minimum absolute atomic E-state index is 0.118. The third-order valence-corrected chi connectivity index (χ3v) is 5.09. The molecule has 1 N–H and O–H groups in total. The van der Waals surface area contributed by atoms with E-state index in [0.717, 1.165) is 30.2 Å². The van der Waals surface area contributed by atoms with Crippen molar-refractivity contribution in [1.29, 1.82) is 0 Å². The van der Waals surface area contributed by atoms with Gasteiger partial charge in [-0.3, -0.25) is 4.90 Å². The van der Waals surface area contributed by atoms with Crippen LogP contribution in [0, 0.1) is 6.92 Å². The highest BCUT2D eigenvalue weighted by atomic mass is 32.1. The van der Waals surface area contributed by atoms with Gasteiger partial charge < -0.3 is 19.3 Å². The fourth-order valence-corrected chi connectivity index (χ4v) is 3.86. The Morgan fingerprint density at radius 2 is 1.96 bits per heavy atom. The summed E-state index contributed by atoms with van der Waals surface area (Å²) >= 11 is 1.79.